The molecule has 0 spiro atoms. The van der Waals surface area contributed by atoms with Gasteiger partial charge in [0, 0.05) is 49.5 Å². The van der Waals surface area contributed by atoms with E-state index in [4.69, 9.17) is 4.74 Å². The molecule has 30 heavy (non-hydrogen) atoms. The molecule has 2 aromatic heterocycles. The lowest BCUT2D eigenvalue weighted by atomic mass is 10.0. The molecule has 2 heterocycles. The number of aromatic nitrogens is 2. The van der Waals surface area contributed by atoms with Gasteiger partial charge in [0.15, 0.2) is 0 Å². The number of nitrogens with zero attached hydrogens (tertiary/aromatic N) is 2. The fourth-order valence-electron chi connectivity index (χ4n) is 3.45. The van der Waals surface area contributed by atoms with E-state index in [9.17, 15) is 9.59 Å². The van der Waals surface area contributed by atoms with Gasteiger partial charge in [-0.2, -0.15) is 0 Å². The summed E-state index contributed by atoms with van der Waals surface area (Å²) in [6.45, 7) is 5.76. The second kappa shape index (κ2) is 8.65. The number of ether oxygens (including phenoxy) is 1. The van der Waals surface area contributed by atoms with Gasteiger partial charge in [-0.1, -0.05) is 18.2 Å². The van der Waals surface area contributed by atoms with E-state index in [1.54, 1.807) is 20.8 Å². The topological polar surface area (TPSA) is 77.3 Å². The van der Waals surface area contributed by atoms with Crippen LogP contribution in [0, 0.1) is 0 Å². The largest absolute Gasteiger partial charge is 0.444 e. The zero-order valence-electron chi connectivity index (χ0n) is 18.2. The highest BCUT2D eigenvalue weighted by atomic mass is 16.6. The second-order valence-corrected chi connectivity index (χ2v) is 8.51. The average Bonchev–Trinajstić information content (AvgIpc) is 3.21. The molecule has 0 radical (unpaired) electrons. The molecule has 0 aliphatic rings. The maximum absolute atomic E-state index is 13.0. The van der Waals surface area contributed by atoms with Crippen molar-refractivity contribution in [3.05, 3.63) is 60.0 Å². The standard InChI is InChI=1S/C23H30N4O3/c1-23(2,3)30-22(29)25-19(21(28)24-14-17-9-8-12-26(17)4)13-16-15-27(5)20-11-7-6-10-18(16)20/h6-12,15,19H,13-14H2,1-5H3,(H,24,28)(H,25,29)/t19-/m0/s1. The summed E-state index contributed by atoms with van der Waals surface area (Å²) in [5.41, 5.74) is 2.40. The van der Waals surface area contributed by atoms with Crippen LogP contribution in [0.1, 0.15) is 32.0 Å². The Kier molecular flexibility index (Phi) is 6.20. The lowest BCUT2D eigenvalue weighted by Crippen LogP contribution is -2.49. The number of carbonyl (C=O) groups excluding carboxylic acids is 2. The van der Waals surface area contributed by atoms with Gasteiger partial charge in [-0.15, -0.1) is 0 Å². The van der Waals surface area contributed by atoms with Gasteiger partial charge in [0.05, 0.1) is 6.54 Å². The summed E-state index contributed by atoms with van der Waals surface area (Å²) in [5, 5.41) is 6.75. The van der Waals surface area contributed by atoms with Crippen LogP contribution in [0.3, 0.4) is 0 Å². The highest BCUT2D eigenvalue weighted by molar-refractivity contribution is 5.88. The van der Waals surface area contributed by atoms with Crippen molar-refractivity contribution in [1.29, 1.82) is 0 Å². The van der Waals surface area contributed by atoms with Gasteiger partial charge in [0.25, 0.3) is 0 Å². The Bertz CT molecular complexity index is 1040. The molecule has 0 bridgehead atoms. The van der Waals surface area contributed by atoms with Crippen LogP contribution in [0.5, 0.6) is 0 Å². The third-order valence-corrected chi connectivity index (χ3v) is 4.91. The van der Waals surface area contributed by atoms with E-state index in [-0.39, 0.29) is 5.91 Å². The third-order valence-electron chi connectivity index (χ3n) is 4.91. The van der Waals surface area contributed by atoms with Crippen molar-refractivity contribution in [2.45, 2.75) is 45.4 Å². The first-order chi connectivity index (χ1) is 14.1. The van der Waals surface area contributed by atoms with E-state index in [0.29, 0.717) is 13.0 Å². The Balaban J connectivity index is 1.80. The number of hydrogen-bond acceptors (Lipinski definition) is 3. The van der Waals surface area contributed by atoms with E-state index in [1.165, 1.54) is 0 Å². The molecule has 3 aromatic rings. The van der Waals surface area contributed by atoms with Crippen molar-refractivity contribution >= 4 is 22.9 Å². The number of carbonyl (C=O) groups is 2. The molecule has 3 rings (SSSR count). The van der Waals surface area contributed by atoms with Crippen LogP contribution < -0.4 is 10.6 Å². The fourth-order valence-corrected chi connectivity index (χ4v) is 3.45. The minimum atomic E-state index is -0.758. The Morgan fingerprint density at radius 2 is 1.80 bits per heavy atom. The van der Waals surface area contributed by atoms with Crippen molar-refractivity contribution in [2.75, 3.05) is 0 Å². The summed E-state index contributed by atoms with van der Waals surface area (Å²) in [4.78, 5) is 25.4. The molecule has 0 aliphatic carbocycles. The number of amides is 2. The molecule has 2 N–H and O–H groups in total. The normalized spacial score (nSPS) is 12.6. The van der Waals surface area contributed by atoms with E-state index < -0.39 is 17.7 Å². The van der Waals surface area contributed by atoms with Crippen molar-refractivity contribution in [1.82, 2.24) is 19.8 Å². The number of aryl methyl sites for hydroxylation is 2. The Labute approximate surface area is 177 Å². The number of alkyl carbamates (subject to hydrolysis) is 1. The second-order valence-electron chi connectivity index (χ2n) is 8.51. The van der Waals surface area contributed by atoms with Gasteiger partial charge < -0.3 is 24.5 Å². The van der Waals surface area contributed by atoms with Gasteiger partial charge in [0.1, 0.15) is 11.6 Å². The van der Waals surface area contributed by atoms with Gasteiger partial charge in [0.2, 0.25) is 5.91 Å². The Morgan fingerprint density at radius 1 is 1.07 bits per heavy atom. The molecular weight excluding hydrogens is 380 g/mol. The van der Waals surface area contributed by atoms with Crippen LogP contribution in [0.2, 0.25) is 0 Å². The SMILES string of the molecule is Cn1cccc1CNC(=O)[C@H](Cc1cn(C)c2ccccc12)NC(=O)OC(C)(C)C. The molecule has 0 unspecified atom stereocenters. The predicted molar refractivity (Wildman–Crippen MR) is 117 cm³/mol. The van der Waals surface area contributed by atoms with Crippen LogP contribution in [-0.4, -0.2) is 32.8 Å². The molecule has 7 heteroatoms. The summed E-state index contributed by atoms with van der Waals surface area (Å²) in [7, 11) is 3.89. The summed E-state index contributed by atoms with van der Waals surface area (Å²) >= 11 is 0. The van der Waals surface area contributed by atoms with Crippen LogP contribution in [-0.2, 0) is 36.6 Å². The van der Waals surface area contributed by atoms with Gasteiger partial charge in [-0.25, -0.2) is 4.79 Å². The number of nitrogens with one attached hydrogen (secondary N) is 2. The molecule has 0 aliphatic heterocycles. The van der Waals surface area contributed by atoms with Gasteiger partial charge in [-0.3, -0.25) is 4.79 Å². The third kappa shape index (κ3) is 5.23. The summed E-state index contributed by atoms with van der Waals surface area (Å²) in [6.07, 6.45) is 3.67. The molecule has 1 aromatic carbocycles. The monoisotopic (exact) mass is 410 g/mol. The van der Waals surface area contributed by atoms with Crippen LogP contribution in [0.4, 0.5) is 4.79 Å². The first kappa shape index (κ1) is 21.5. The van der Waals surface area contributed by atoms with Gasteiger partial charge >= 0.3 is 6.09 Å². The molecule has 0 fully saturated rings. The maximum atomic E-state index is 13.0. The first-order valence-electron chi connectivity index (χ1n) is 10.0. The van der Waals surface area contributed by atoms with Crippen molar-refractivity contribution in [3.8, 4) is 0 Å². The van der Waals surface area contributed by atoms with Crippen molar-refractivity contribution in [3.63, 3.8) is 0 Å². The number of fused-ring (bicyclic) bond motifs is 1. The Morgan fingerprint density at radius 3 is 2.47 bits per heavy atom. The molecule has 0 saturated heterocycles. The molecule has 1 atom stereocenters. The van der Waals surface area contributed by atoms with Gasteiger partial charge in [-0.05, 0) is 44.5 Å². The maximum Gasteiger partial charge on any atom is 0.408 e. The smallest absolute Gasteiger partial charge is 0.408 e. The lowest BCUT2D eigenvalue weighted by molar-refractivity contribution is -0.123. The number of para-hydroxylation sites is 1. The van der Waals surface area contributed by atoms with Crippen LogP contribution in [0.15, 0.2) is 48.8 Å². The number of benzene rings is 1. The molecule has 0 saturated carbocycles. The lowest BCUT2D eigenvalue weighted by Gasteiger charge is -2.23. The van der Waals surface area contributed by atoms with E-state index in [2.05, 4.69) is 10.6 Å². The molecule has 160 valence electrons. The molecule has 7 nitrogen and oxygen atoms in total. The number of hydrogen-bond donors (Lipinski definition) is 2. The zero-order valence-corrected chi connectivity index (χ0v) is 18.2. The predicted octanol–water partition coefficient (Wildman–Crippen LogP) is 3.27. The highest BCUT2D eigenvalue weighted by Gasteiger charge is 2.26. The quantitative estimate of drug-likeness (QED) is 0.655. The average molecular weight is 411 g/mol. The first-order valence-corrected chi connectivity index (χ1v) is 10.0. The minimum absolute atomic E-state index is 0.255. The summed E-state index contributed by atoms with van der Waals surface area (Å²) in [6, 6.07) is 11.1. The van der Waals surface area contributed by atoms with Crippen molar-refractivity contribution < 1.29 is 14.3 Å². The molecule has 2 amide bonds. The minimum Gasteiger partial charge on any atom is -0.444 e. The van der Waals surface area contributed by atoms with E-state index in [0.717, 1.165) is 22.2 Å². The van der Waals surface area contributed by atoms with Crippen molar-refractivity contribution in [2.24, 2.45) is 14.1 Å². The Hall–Kier alpha value is -3.22. The van der Waals surface area contributed by atoms with E-state index >= 15 is 0 Å². The zero-order chi connectivity index (χ0) is 21.9. The van der Waals surface area contributed by atoms with Crippen LogP contribution in [0.25, 0.3) is 10.9 Å². The molecular formula is C23H30N4O3. The summed E-state index contributed by atoms with van der Waals surface area (Å²) in [5.74, 6) is -0.255. The highest BCUT2D eigenvalue weighted by Crippen LogP contribution is 2.22. The van der Waals surface area contributed by atoms with Crippen LogP contribution >= 0.6 is 0 Å². The number of rotatable bonds is 6. The fraction of sp³-hybridized carbons (Fsp3) is 0.391. The van der Waals surface area contributed by atoms with E-state index in [1.807, 2.05) is 72.0 Å². The summed E-state index contributed by atoms with van der Waals surface area (Å²) < 4.78 is 9.35.